The number of anilines is 3. The Bertz CT molecular complexity index is 1060. The molecule has 1 fully saturated rings. The van der Waals surface area contributed by atoms with Crippen LogP contribution in [0.1, 0.15) is 66.9 Å². The Kier molecular flexibility index (Phi) is 7.77. The number of hydrogen-bond donors (Lipinski definition) is 4. The summed E-state index contributed by atoms with van der Waals surface area (Å²) in [6.45, 7) is 4.83. The van der Waals surface area contributed by atoms with E-state index in [1.54, 1.807) is 0 Å². The Balaban J connectivity index is 1.57. The summed E-state index contributed by atoms with van der Waals surface area (Å²) in [6, 6.07) is 7.74. The molecule has 8 nitrogen and oxygen atoms in total. The van der Waals surface area contributed by atoms with Crippen molar-refractivity contribution in [1.82, 2.24) is 15.6 Å². The molecule has 1 aromatic heterocycles. The van der Waals surface area contributed by atoms with Crippen LogP contribution in [-0.4, -0.2) is 35.7 Å². The molecule has 1 aliphatic carbocycles. The van der Waals surface area contributed by atoms with E-state index in [1.807, 2.05) is 31.2 Å². The number of ether oxygens (including phenoxy) is 1. The van der Waals surface area contributed by atoms with Gasteiger partial charge in [-0.3, -0.25) is 4.79 Å². The van der Waals surface area contributed by atoms with E-state index in [0.717, 1.165) is 55.3 Å². The molecule has 0 bridgehead atoms. The van der Waals surface area contributed by atoms with Crippen LogP contribution in [-0.2, 0) is 11.3 Å². The van der Waals surface area contributed by atoms with Crippen molar-refractivity contribution in [1.29, 1.82) is 0 Å². The highest BCUT2D eigenvalue weighted by molar-refractivity contribution is 6.34. The van der Waals surface area contributed by atoms with E-state index < -0.39 is 6.09 Å². The van der Waals surface area contributed by atoms with Crippen LogP contribution in [0.25, 0.3) is 0 Å². The number of benzene rings is 1. The van der Waals surface area contributed by atoms with Crippen LogP contribution in [0, 0.1) is 6.92 Å². The fourth-order valence-electron chi connectivity index (χ4n) is 4.48. The summed E-state index contributed by atoms with van der Waals surface area (Å²) in [5, 5.41) is 13.0. The third kappa shape index (κ3) is 5.55. The molecule has 2 aliphatic rings. The van der Waals surface area contributed by atoms with Gasteiger partial charge in [0, 0.05) is 23.8 Å². The number of nitrogens with zero attached hydrogens (tertiary/aromatic N) is 1. The van der Waals surface area contributed by atoms with Gasteiger partial charge in [-0.2, -0.15) is 0 Å². The molecule has 2 atom stereocenters. The number of halogens is 1. The van der Waals surface area contributed by atoms with Gasteiger partial charge in [-0.1, -0.05) is 49.9 Å². The molecule has 2 amide bonds. The minimum Gasteiger partial charge on any atom is -0.450 e. The first-order chi connectivity index (χ1) is 16.5. The SMILES string of the molecule is CCCCOC(=O)N[C@H]1CCCC[C@H]1Nc1nc(Nc2cccc(C)c2)c2c(c1Cl)CNC2=O. The zero-order valence-electron chi connectivity index (χ0n) is 19.7. The molecule has 1 saturated carbocycles. The van der Waals surface area contributed by atoms with Gasteiger partial charge in [-0.15, -0.1) is 0 Å². The maximum Gasteiger partial charge on any atom is 0.407 e. The van der Waals surface area contributed by atoms with Gasteiger partial charge in [-0.05, 0) is 43.9 Å². The second kappa shape index (κ2) is 11.0. The molecule has 1 aromatic carbocycles. The Labute approximate surface area is 205 Å². The van der Waals surface area contributed by atoms with Crippen molar-refractivity contribution in [2.75, 3.05) is 17.2 Å². The molecule has 0 unspecified atom stereocenters. The summed E-state index contributed by atoms with van der Waals surface area (Å²) in [5.74, 6) is 0.769. The normalized spacial score (nSPS) is 19.2. The Hall–Kier alpha value is -3.00. The minimum atomic E-state index is -0.392. The number of amides is 2. The van der Waals surface area contributed by atoms with Crippen molar-refractivity contribution in [3.05, 3.63) is 46.0 Å². The van der Waals surface area contributed by atoms with Gasteiger partial charge in [0.05, 0.1) is 23.2 Å². The predicted molar refractivity (Wildman–Crippen MR) is 134 cm³/mol. The predicted octanol–water partition coefficient (Wildman–Crippen LogP) is 5.28. The number of pyridine rings is 1. The lowest BCUT2D eigenvalue weighted by Gasteiger charge is -2.33. The van der Waals surface area contributed by atoms with E-state index in [2.05, 4.69) is 28.2 Å². The lowest BCUT2D eigenvalue weighted by Crippen LogP contribution is -2.49. The van der Waals surface area contributed by atoms with Gasteiger partial charge in [0.15, 0.2) is 0 Å². The molecule has 1 aliphatic heterocycles. The van der Waals surface area contributed by atoms with Crippen molar-refractivity contribution >= 4 is 40.9 Å². The van der Waals surface area contributed by atoms with Gasteiger partial charge < -0.3 is 26.0 Å². The van der Waals surface area contributed by atoms with Crippen molar-refractivity contribution in [2.24, 2.45) is 0 Å². The lowest BCUT2D eigenvalue weighted by molar-refractivity contribution is 0.0966. The summed E-state index contributed by atoms with van der Waals surface area (Å²) < 4.78 is 5.30. The van der Waals surface area contributed by atoms with Gasteiger partial charge in [-0.25, -0.2) is 9.78 Å². The summed E-state index contributed by atoms with van der Waals surface area (Å²) >= 11 is 6.72. The Morgan fingerprint density at radius 1 is 1.24 bits per heavy atom. The number of carbonyl (C=O) groups excluding carboxylic acids is 2. The van der Waals surface area contributed by atoms with E-state index >= 15 is 0 Å². The van der Waals surface area contributed by atoms with Crippen molar-refractivity contribution in [3.8, 4) is 0 Å². The fraction of sp³-hybridized carbons (Fsp3) is 0.480. The number of aryl methyl sites for hydroxylation is 1. The minimum absolute atomic E-state index is 0.0487. The molecule has 0 spiro atoms. The summed E-state index contributed by atoms with van der Waals surface area (Å²) in [4.78, 5) is 29.5. The fourth-order valence-corrected chi connectivity index (χ4v) is 4.74. The number of fused-ring (bicyclic) bond motifs is 1. The number of rotatable bonds is 8. The molecular weight excluding hydrogens is 454 g/mol. The van der Waals surface area contributed by atoms with Crippen LogP contribution in [0.2, 0.25) is 5.02 Å². The second-order valence-corrected chi connectivity index (χ2v) is 9.31. The van der Waals surface area contributed by atoms with Crippen molar-refractivity contribution in [2.45, 2.75) is 71.0 Å². The lowest BCUT2D eigenvalue weighted by atomic mass is 9.90. The second-order valence-electron chi connectivity index (χ2n) is 8.93. The van der Waals surface area contributed by atoms with Crippen LogP contribution in [0.15, 0.2) is 24.3 Å². The van der Waals surface area contributed by atoms with E-state index in [9.17, 15) is 9.59 Å². The van der Waals surface area contributed by atoms with Crippen LogP contribution >= 0.6 is 11.6 Å². The van der Waals surface area contributed by atoms with Crippen molar-refractivity contribution in [3.63, 3.8) is 0 Å². The van der Waals surface area contributed by atoms with Crippen LogP contribution in [0.5, 0.6) is 0 Å². The number of aromatic nitrogens is 1. The Morgan fingerprint density at radius 3 is 2.79 bits per heavy atom. The van der Waals surface area contributed by atoms with E-state index in [-0.39, 0.29) is 18.0 Å². The van der Waals surface area contributed by atoms with Gasteiger partial charge in [0.2, 0.25) is 0 Å². The van der Waals surface area contributed by atoms with E-state index in [4.69, 9.17) is 21.3 Å². The summed E-state index contributed by atoms with van der Waals surface area (Å²) in [5.41, 5.74) is 3.13. The topological polar surface area (TPSA) is 104 Å². The summed E-state index contributed by atoms with van der Waals surface area (Å²) in [6.07, 6.45) is 5.21. The number of nitrogens with one attached hydrogen (secondary N) is 4. The standard InChI is InChI=1S/C25H32ClN5O3/c1-3-4-12-34-25(33)30-19-11-6-5-10-18(19)29-23-21(26)17-14-27-24(32)20(17)22(31-23)28-16-9-7-8-15(2)13-16/h7-9,13,18-19H,3-6,10-12,14H2,1-2H3,(H,27,32)(H,30,33)(H2,28,29,31)/t18-,19+/m1/s1. The van der Waals surface area contributed by atoms with Gasteiger partial charge >= 0.3 is 6.09 Å². The average molecular weight is 486 g/mol. The van der Waals surface area contributed by atoms with Crippen LogP contribution in [0.4, 0.5) is 22.1 Å². The molecule has 4 rings (SSSR count). The van der Waals surface area contributed by atoms with Gasteiger partial charge in [0.1, 0.15) is 11.6 Å². The van der Waals surface area contributed by atoms with Crippen molar-refractivity contribution < 1.29 is 14.3 Å². The van der Waals surface area contributed by atoms with E-state index in [0.29, 0.717) is 35.4 Å². The number of carbonyl (C=O) groups is 2. The smallest absolute Gasteiger partial charge is 0.407 e. The number of alkyl carbamates (subject to hydrolysis) is 1. The maximum atomic E-state index is 12.5. The molecule has 2 aromatic rings. The third-order valence-electron chi connectivity index (χ3n) is 6.29. The summed E-state index contributed by atoms with van der Waals surface area (Å²) in [7, 11) is 0. The van der Waals surface area contributed by atoms with Gasteiger partial charge in [0.25, 0.3) is 5.91 Å². The molecule has 0 radical (unpaired) electrons. The zero-order valence-corrected chi connectivity index (χ0v) is 20.4. The monoisotopic (exact) mass is 485 g/mol. The highest BCUT2D eigenvalue weighted by Crippen LogP contribution is 2.37. The van der Waals surface area contributed by atoms with E-state index in [1.165, 1.54) is 0 Å². The van der Waals surface area contributed by atoms with Crippen LogP contribution in [0.3, 0.4) is 0 Å². The maximum absolute atomic E-state index is 12.5. The number of hydrogen-bond acceptors (Lipinski definition) is 6. The Morgan fingerprint density at radius 2 is 2.03 bits per heavy atom. The third-order valence-corrected chi connectivity index (χ3v) is 6.70. The van der Waals surface area contributed by atoms with Crippen LogP contribution < -0.4 is 21.3 Å². The highest BCUT2D eigenvalue weighted by atomic mass is 35.5. The first-order valence-corrected chi connectivity index (χ1v) is 12.4. The molecule has 182 valence electrons. The molecule has 2 heterocycles. The highest BCUT2D eigenvalue weighted by Gasteiger charge is 2.32. The largest absolute Gasteiger partial charge is 0.450 e. The quantitative estimate of drug-likeness (QED) is 0.379. The molecule has 9 heteroatoms. The average Bonchev–Trinajstić information content (AvgIpc) is 3.20. The first-order valence-electron chi connectivity index (χ1n) is 12.0. The number of unbranched alkanes of at least 4 members (excludes halogenated alkanes) is 1. The molecule has 0 saturated heterocycles. The zero-order chi connectivity index (χ0) is 24.1. The first kappa shape index (κ1) is 24.1. The molecule has 4 N–H and O–H groups in total. The molecular formula is C25H32ClN5O3. The molecule has 34 heavy (non-hydrogen) atoms.